The summed E-state index contributed by atoms with van der Waals surface area (Å²) in [7, 11) is 0. The summed E-state index contributed by atoms with van der Waals surface area (Å²) >= 11 is 0. The second-order valence-electron chi connectivity index (χ2n) is 12.5. The van der Waals surface area contributed by atoms with Gasteiger partial charge in [0.25, 0.3) is 0 Å². The average Bonchev–Trinajstić information content (AvgIpc) is 3.24. The van der Waals surface area contributed by atoms with Gasteiger partial charge in [-0.1, -0.05) is 41.0 Å². The highest BCUT2D eigenvalue weighted by Crippen LogP contribution is 2.73. The van der Waals surface area contributed by atoms with Crippen LogP contribution in [-0.4, -0.2) is 18.0 Å². The van der Waals surface area contributed by atoms with Crippen molar-refractivity contribution < 1.29 is 23.5 Å². The van der Waals surface area contributed by atoms with Crippen LogP contribution in [0.1, 0.15) is 91.7 Å². The Morgan fingerprint density at radius 1 is 1.09 bits per heavy atom. The number of carbonyl (C=O) groups is 2. The molecule has 180 valence electrons. The Kier molecular flexibility index (Phi) is 4.98. The highest BCUT2D eigenvalue weighted by molar-refractivity contribution is 5.85. The molecule has 1 aromatic heterocycles. The van der Waals surface area contributed by atoms with Gasteiger partial charge in [0.2, 0.25) is 0 Å². The first-order chi connectivity index (χ1) is 15.4. The zero-order chi connectivity index (χ0) is 23.8. The van der Waals surface area contributed by atoms with E-state index in [-0.39, 0.29) is 34.3 Å². The monoisotopic (exact) mass is 454 g/mol. The molecule has 3 aliphatic carbocycles. The summed E-state index contributed by atoms with van der Waals surface area (Å²) in [6.45, 7) is 13.3. The van der Waals surface area contributed by atoms with Gasteiger partial charge in [-0.05, 0) is 66.4 Å². The van der Waals surface area contributed by atoms with Gasteiger partial charge >= 0.3 is 11.9 Å². The van der Waals surface area contributed by atoms with E-state index < -0.39 is 11.5 Å². The number of rotatable bonds is 2. The van der Waals surface area contributed by atoms with E-state index in [4.69, 9.17) is 13.9 Å². The van der Waals surface area contributed by atoms with Gasteiger partial charge in [0.05, 0.1) is 12.5 Å². The van der Waals surface area contributed by atoms with Crippen molar-refractivity contribution in [3.63, 3.8) is 0 Å². The third-order valence-corrected chi connectivity index (χ3v) is 10.3. The summed E-state index contributed by atoms with van der Waals surface area (Å²) in [6, 6.07) is 1.89. The zero-order valence-electron chi connectivity index (χ0n) is 20.9. The predicted octanol–water partition coefficient (Wildman–Crippen LogP) is 6.39. The quantitative estimate of drug-likeness (QED) is 0.484. The zero-order valence-corrected chi connectivity index (χ0v) is 20.9. The Morgan fingerprint density at radius 3 is 2.52 bits per heavy atom. The Labute approximate surface area is 197 Å². The molecule has 7 atom stereocenters. The molecular formula is C28H38O5. The minimum absolute atomic E-state index is 0.141. The van der Waals surface area contributed by atoms with Crippen molar-refractivity contribution in [2.24, 2.45) is 33.5 Å². The fraction of sp³-hybridized carbons (Fsp3) is 0.714. The lowest BCUT2D eigenvalue weighted by Crippen LogP contribution is -2.65. The molecule has 5 nitrogen and oxygen atoms in total. The van der Waals surface area contributed by atoms with Crippen LogP contribution in [-0.2, 0) is 19.1 Å². The van der Waals surface area contributed by atoms with Gasteiger partial charge in [0, 0.05) is 29.4 Å². The molecule has 0 saturated heterocycles. The smallest absolute Gasteiger partial charge is 0.331 e. The van der Waals surface area contributed by atoms with Gasteiger partial charge in [-0.3, -0.25) is 4.79 Å². The van der Waals surface area contributed by atoms with Gasteiger partial charge < -0.3 is 13.9 Å². The maximum atomic E-state index is 12.9. The maximum Gasteiger partial charge on any atom is 0.331 e. The number of ether oxygens (including phenoxy) is 2. The standard InChI is InChI=1S/C28H38O5/c1-17(29)32-22-14-20-25(2,3)10-7-11-26(20,4)19-8-12-27(5)21(28(19,22)6)15-23(30)33-24(27)18-9-13-31-16-18/h9,13,15-16,19-20,22,24H,7-8,10-12,14H2,1-6H3. The second kappa shape index (κ2) is 7.23. The van der Waals surface area contributed by atoms with E-state index in [9.17, 15) is 9.59 Å². The van der Waals surface area contributed by atoms with Crippen LogP contribution in [0.5, 0.6) is 0 Å². The largest absolute Gasteiger partial charge is 0.472 e. The van der Waals surface area contributed by atoms with Crippen molar-refractivity contribution in [2.45, 2.75) is 92.3 Å². The van der Waals surface area contributed by atoms with Crippen LogP contribution >= 0.6 is 0 Å². The van der Waals surface area contributed by atoms with Crippen molar-refractivity contribution in [2.75, 3.05) is 0 Å². The number of fused-ring (bicyclic) bond motifs is 5. The second-order valence-corrected chi connectivity index (χ2v) is 12.5. The van der Waals surface area contributed by atoms with Crippen LogP contribution in [0.15, 0.2) is 34.7 Å². The van der Waals surface area contributed by atoms with Gasteiger partial charge in [-0.2, -0.15) is 0 Å². The molecule has 0 bridgehead atoms. The lowest BCUT2D eigenvalue weighted by Gasteiger charge is -2.68. The normalized spacial score (nSPS) is 43.9. The first kappa shape index (κ1) is 22.7. The minimum Gasteiger partial charge on any atom is -0.472 e. The van der Waals surface area contributed by atoms with E-state index in [0.717, 1.165) is 30.4 Å². The molecular weight excluding hydrogens is 416 g/mol. The van der Waals surface area contributed by atoms with E-state index in [0.29, 0.717) is 11.8 Å². The number of cyclic esters (lactones) is 1. The van der Waals surface area contributed by atoms with Crippen LogP contribution in [0.3, 0.4) is 0 Å². The lowest BCUT2D eigenvalue weighted by atomic mass is 9.37. The lowest BCUT2D eigenvalue weighted by molar-refractivity contribution is -0.212. The van der Waals surface area contributed by atoms with Crippen LogP contribution in [0, 0.1) is 33.5 Å². The molecule has 0 aromatic carbocycles. The molecule has 0 spiro atoms. The van der Waals surface area contributed by atoms with Gasteiger partial charge in [-0.25, -0.2) is 4.79 Å². The molecule has 3 fully saturated rings. The summed E-state index contributed by atoms with van der Waals surface area (Å²) in [5.74, 6) is 0.262. The Hall–Kier alpha value is -2.04. The van der Waals surface area contributed by atoms with Crippen molar-refractivity contribution in [3.8, 4) is 0 Å². The summed E-state index contributed by atoms with van der Waals surface area (Å²) in [4.78, 5) is 25.3. The average molecular weight is 455 g/mol. The Morgan fingerprint density at radius 2 is 1.85 bits per heavy atom. The number of carbonyl (C=O) groups excluding carboxylic acids is 2. The molecule has 33 heavy (non-hydrogen) atoms. The number of furan rings is 1. The fourth-order valence-corrected chi connectivity index (χ4v) is 8.95. The van der Waals surface area contributed by atoms with E-state index >= 15 is 0 Å². The highest BCUT2D eigenvalue weighted by Gasteiger charge is 2.68. The molecule has 4 aliphatic rings. The van der Waals surface area contributed by atoms with E-state index in [1.807, 2.05) is 6.07 Å². The number of hydrogen-bond acceptors (Lipinski definition) is 5. The van der Waals surface area contributed by atoms with Crippen molar-refractivity contribution in [1.29, 1.82) is 0 Å². The molecule has 1 aliphatic heterocycles. The van der Waals surface area contributed by atoms with Crippen molar-refractivity contribution >= 4 is 11.9 Å². The van der Waals surface area contributed by atoms with Crippen LogP contribution in [0.25, 0.3) is 0 Å². The molecule has 0 N–H and O–H groups in total. The summed E-state index contributed by atoms with van der Waals surface area (Å²) in [6.07, 6.45) is 10.8. The van der Waals surface area contributed by atoms with E-state index in [2.05, 4.69) is 34.6 Å². The Bertz CT molecular complexity index is 990. The van der Waals surface area contributed by atoms with Gasteiger partial charge in [-0.15, -0.1) is 0 Å². The van der Waals surface area contributed by atoms with Crippen LogP contribution < -0.4 is 0 Å². The third kappa shape index (κ3) is 3.10. The molecule has 5 rings (SSSR count). The third-order valence-electron chi connectivity index (χ3n) is 10.3. The number of hydrogen-bond donors (Lipinski definition) is 0. The predicted molar refractivity (Wildman–Crippen MR) is 124 cm³/mol. The molecule has 5 heteroatoms. The molecule has 0 radical (unpaired) electrons. The SMILES string of the molecule is CC(=O)OC1CC2C(C)(C)CCCC2(C)C2CCC3(C)C(=CC(=O)OC3c3ccoc3)C12C. The topological polar surface area (TPSA) is 65.7 Å². The summed E-state index contributed by atoms with van der Waals surface area (Å²) in [5.41, 5.74) is 1.55. The molecule has 7 unspecified atom stereocenters. The summed E-state index contributed by atoms with van der Waals surface area (Å²) < 4.78 is 17.4. The molecule has 0 amide bonds. The van der Waals surface area contributed by atoms with Crippen LogP contribution in [0.2, 0.25) is 0 Å². The molecule has 3 saturated carbocycles. The van der Waals surface area contributed by atoms with E-state index in [1.54, 1.807) is 18.6 Å². The first-order valence-corrected chi connectivity index (χ1v) is 12.6. The van der Waals surface area contributed by atoms with Gasteiger partial charge in [0.1, 0.15) is 12.2 Å². The van der Waals surface area contributed by atoms with Crippen molar-refractivity contribution in [1.82, 2.24) is 0 Å². The molecule has 2 heterocycles. The first-order valence-electron chi connectivity index (χ1n) is 12.6. The Balaban J connectivity index is 1.67. The summed E-state index contributed by atoms with van der Waals surface area (Å²) in [5, 5.41) is 0. The van der Waals surface area contributed by atoms with Gasteiger partial charge in [0.15, 0.2) is 0 Å². The number of esters is 2. The van der Waals surface area contributed by atoms with E-state index in [1.165, 1.54) is 26.2 Å². The van der Waals surface area contributed by atoms with Crippen molar-refractivity contribution in [3.05, 3.63) is 35.8 Å². The fourth-order valence-electron chi connectivity index (χ4n) is 8.95. The minimum atomic E-state index is -0.418. The maximum absolute atomic E-state index is 12.9. The highest BCUT2D eigenvalue weighted by atomic mass is 16.6. The molecule has 1 aromatic rings. The van der Waals surface area contributed by atoms with Crippen LogP contribution in [0.4, 0.5) is 0 Å².